The smallest absolute Gasteiger partial charge is 0.183 e. The number of hydrogen-bond acceptors (Lipinski definition) is 6. The number of aromatic nitrogens is 5. The summed E-state index contributed by atoms with van der Waals surface area (Å²) in [6, 6.07) is 12.5. The number of thiazole rings is 1. The van der Waals surface area contributed by atoms with E-state index < -0.39 is 0 Å². The Morgan fingerprint density at radius 2 is 1.94 bits per heavy atom. The summed E-state index contributed by atoms with van der Waals surface area (Å²) < 4.78 is 2.89. The van der Waals surface area contributed by atoms with Crippen molar-refractivity contribution in [2.45, 2.75) is 26.1 Å². The molecule has 5 aromatic rings. The van der Waals surface area contributed by atoms with E-state index in [1.165, 1.54) is 33.4 Å². The molecule has 5 heterocycles. The first-order valence-electron chi connectivity index (χ1n) is 10.9. The minimum Gasteiger partial charge on any atom is -0.342 e. The molecule has 8 heteroatoms. The predicted octanol–water partition coefficient (Wildman–Crippen LogP) is 5.21. The monoisotopic (exact) mass is 472 g/mol. The fraction of sp³-hybridized carbons (Fsp3) is 0.200. The molecule has 0 radical (unpaired) electrons. The molecular weight excluding hydrogens is 452 g/mol. The highest BCUT2D eigenvalue weighted by Gasteiger charge is 2.20. The van der Waals surface area contributed by atoms with Crippen molar-refractivity contribution in [3.8, 4) is 11.4 Å². The Labute approximate surface area is 200 Å². The van der Waals surface area contributed by atoms with E-state index in [1.54, 1.807) is 6.20 Å². The summed E-state index contributed by atoms with van der Waals surface area (Å²) >= 11 is 7.58. The number of benzene rings is 1. The average molecular weight is 473 g/mol. The number of hydrogen-bond donors (Lipinski definition) is 0. The van der Waals surface area contributed by atoms with Crippen LogP contribution in [-0.2, 0) is 26.1 Å². The topological polar surface area (TPSA) is 59.7 Å². The molecule has 0 spiro atoms. The Morgan fingerprint density at radius 3 is 2.79 bits per heavy atom. The summed E-state index contributed by atoms with van der Waals surface area (Å²) in [5, 5.41) is 1.29. The Bertz CT molecular complexity index is 1430. The van der Waals surface area contributed by atoms with Crippen LogP contribution in [0.5, 0.6) is 0 Å². The van der Waals surface area contributed by atoms with Crippen LogP contribution in [0.15, 0.2) is 67.4 Å². The van der Waals surface area contributed by atoms with Gasteiger partial charge in [-0.1, -0.05) is 29.8 Å². The van der Waals surface area contributed by atoms with Gasteiger partial charge in [-0.2, -0.15) is 0 Å². The third-order valence-corrected chi connectivity index (χ3v) is 7.15. The van der Waals surface area contributed by atoms with Crippen LogP contribution in [-0.4, -0.2) is 35.9 Å². The van der Waals surface area contributed by atoms with E-state index in [9.17, 15) is 0 Å². The van der Waals surface area contributed by atoms with Gasteiger partial charge in [-0.15, -0.1) is 11.3 Å². The van der Waals surface area contributed by atoms with Crippen molar-refractivity contribution in [1.82, 2.24) is 29.4 Å². The minimum atomic E-state index is 0.586. The number of fused-ring (bicyclic) bond motifs is 2. The number of halogens is 1. The summed E-state index contributed by atoms with van der Waals surface area (Å²) in [5.74, 6) is 0.751. The van der Waals surface area contributed by atoms with Crippen LogP contribution in [0.1, 0.15) is 21.7 Å². The molecule has 6 rings (SSSR count). The van der Waals surface area contributed by atoms with Gasteiger partial charge >= 0.3 is 0 Å². The second-order valence-electron chi connectivity index (χ2n) is 8.25. The third-order valence-electron chi connectivity index (χ3n) is 6.05. The van der Waals surface area contributed by atoms with Crippen molar-refractivity contribution in [3.63, 3.8) is 0 Å². The van der Waals surface area contributed by atoms with Crippen molar-refractivity contribution in [3.05, 3.63) is 93.5 Å². The largest absolute Gasteiger partial charge is 0.342 e. The number of rotatable bonds is 5. The van der Waals surface area contributed by atoms with E-state index >= 15 is 0 Å². The Hall–Kier alpha value is -3.13. The lowest BCUT2D eigenvalue weighted by atomic mass is 10.1. The van der Waals surface area contributed by atoms with E-state index in [4.69, 9.17) is 16.6 Å². The Morgan fingerprint density at radius 1 is 1.00 bits per heavy atom. The molecule has 164 valence electrons. The quantitative estimate of drug-likeness (QED) is 0.351. The van der Waals surface area contributed by atoms with Gasteiger partial charge in [0.1, 0.15) is 0 Å². The van der Waals surface area contributed by atoms with E-state index in [0.29, 0.717) is 4.47 Å². The van der Waals surface area contributed by atoms with Gasteiger partial charge in [0.05, 0.1) is 12.2 Å². The van der Waals surface area contributed by atoms with E-state index in [1.807, 2.05) is 30.7 Å². The molecule has 0 aliphatic carbocycles. The molecule has 6 nitrogen and oxygen atoms in total. The second kappa shape index (κ2) is 8.67. The van der Waals surface area contributed by atoms with Crippen molar-refractivity contribution in [2.24, 2.45) is 0 Å². The van der Waals surface area contributed by atoms with Crippen molar-refractivity contribution in [2.75, 3.05) is 6.54 Å². The molecule has 0 N–H and O–H groups in total. The Balaban J connectivity index is 1.24. The maximum absolute atomic E-state index is 6.04. The standard InChI is InChI=1S/C25H21ClN6S/c26-25-29-12-20(33-25)16-32-15-19(21-5-1-2-6-23(21)32)14-31-9-7-22-18(13-31)11-28-24(30-22)17-4-3-8-27-10-17/h1-6,8,10-12,15H,7,9,13-14,16H2. The zero-order valence-electron chi connectivity index (χ0n) is 17.9. The van der Waals surface area contributed by atoms with Crippen LogP contribution in [0.3, 0.4) is 0 Å². The molecular formula is C25H21ClN6S. The second-order valence-corrected chi connectivity index (χ2v) is 9.94. The van der Waals surface area contributed by atoms with Gasteiger partial charge in [0, 0.05) is 83.9 Å². The first-order valence-corrected chi connectivity index (χ1v) is 12.1. The van der Waals surface area contributed by atoms with Crippen LogP contribution >= 0.6 is 22.9 Å². The third kappa shape index (κ3) is 4.15. The van der Waals surface area contributed by atoms with Crippen LogP contribution < -0.4 is 0 Å². The SMILES string of the molecule is Clc1ncc(Cn2cc(CN3CCc4nc(-c5cccnc5)ncc4C3)c3ccccc32)s1. The van der Waals surface area contributed by atoms with Crippen LogP contribution in [0.4, 0.5) is 0 Å². The molecule has 1 aliphatic rings. The highest BCUT2D eigenvalue weighted by atomic mass is 35.5. The lowest BCUT2D eigenvalue weighted by Crippen LogP contribution is -2.30. The lowest BCUT2D eigenvalue weighted by molar-refractivity contribution is 0.243. The number of para-hydroxylation sites is 1. The lowest BCUT2D eigenvalue weighted by Gasteiger charge is -2.27. The Kier molecular flexibility index (Phi) is 5.38. The maximum atomic E-state index is 6.04. The van der Waals surface area contributed by atoms with E-state index in [-0.39, 0.29) is 0 Å². The average Bonchev–Trinajstić information content (AvgIpc) is 3.42. The molecule has 0 unspecified atom stereocenters. The molecule has 33 heavy (non-hydrogen) atoms. The molecule has 4 aromatic heterocycles. The maximum Gasteiger partial charge on any atom is 0.183 e. The van der Waals surface area contributed by atoms with E-state index in [0.717, 1.165) is 54.6 Å². The molecule has 0 saturated heterocycles. The predicted molar refractivity (Wildman–Crippen MR) is 131 cm³/mol. The highest BCUT2D eigenvalue weighted by Crippen LogP contribution is 2.28. The van der Waals surface area contributed by atoms with Gasteiger partial charge in [0.2, 0.25) is 0 Å². The first-order chi connectivity index (χ1) is 16.2. The van der Waals surface area contributed by atoms with Gasteiger partial charge < -0.3 is 4.57 Å². The summed E-state index contributed by atoms with van der Waals surface area (Å²) in [5.41, 5.74) is 5.87. The van der Waals surface area contributed by atoms with Gasteiger partial charge in [-0.25, -0.2) is 15.0 Å². The molecule has 1 aliphatic heterocycles. The fourth-order valence-electron chi connectivity index (χ4n) is 4.49. The van der Waals surface area contributed by atoms with Crippen molar-refractivity contribution in [1.29, 1.82) is 0 Å². The summed E-state index contributed by atoms with van der Waals surface area (Å²) in [6.45, 7) is 3.49. The fourth-order valence-corrected chi connectivity index (χ4v) is 5.47. The highest BCUT2D eigenvalue weighted by molar-refractivity contribution is 7.15. The number of pyridine rings is 1. The molecule has 0 atom stereocenters. The van der Waals surface area contributed by atoms with Gasteiger partial charge in [-0.3, -0.25) is 9.88 Å². The minimum absolute atomic E-state index is 0.586. The number of nitrogens with zero attached hydrogens (tertiary/aromatic N) is 6. The molecule has 0 bridgehead atoms. The van der Waals surface area contributed by atoms with Crippen molar-refractivity contribution < 1.29 is 0 Å². The van der Waals surface area contributed by atoms with Crippen molar-refractivity contribution >= 4 is 33.8 Å². The van der Waals surface area contributed by atoms with Gasteiger partial charge in [0.25, 0.3) is 0 Å². The van der Waals surface area contributed by atoms with E-state index in [2.05, 4.69) is 54.9 Å². The van der Waals surface area contributed by atoms with Gasteiger partial charge in [0.15, 0.2) is 10.3 Å². The van der Waals surface area contributed by atoms with Crippen LogP contribution in [0.2, 0.25) is 4.47 Å². The molecule has 0 fully saturated rings. The molecule has 0 saturated carbocycles. The van der Waals surface area contributed by atoms with Crippen LogP contribution in [0.25, 0.3) is 22.3 Å². The first kappa shape index (κ1) is 20.5. The van der Waals surface area contributed by atoms with Gasteiger partial charge in [-0.05, 0) is 23.8 Å². The zero-order valence-corrected chi connectivity index (χ0v) is 19.4. The van der Waals surface area contributed by atoms with Crippen LogP contribution in [0, 0.1) is 0 Å². The summed E-state index contributed by atoms with van der Waals surface area (Å²) in [4.78, 5) is 21.4. The molecule has 0 amide bonds. The summed E-state index contributed by atoms with van der Waals surface area (Å²) in [7, 11) is 0. The summed E-state index contributed by atoms with van der Waals surface area (Å²) in [6.07, 6.45) is 10.6. The normalized spacial score (nSPS) is 14.0. The zero-order chi connectivity index (χ0) is 22.2. The molecule has 1 aromatic carbocycles.